The molecule has 0 saturated carbocycles. The lowest BCUT2D eigenvalue weighted by Gasteiger charge is -2.00. The highest BCUT2D eigenvalue weighted by Gasteiger charge is 2.08. The van der Waals surface area contributed by atoms with Crippen molar-refractivity contribution in [3.05, 3.63) is 17.5 Å². The predicted octanol–water partition coefficient (Wildman–Crippen LogP) is 0.934. The molecule has 0 fully saturated rings. The Morgan fingerprint density at radius 3 is 2.90 bits per heavy atom. The zero-order valence-corrected chi connectivity index (χ0v) is 6.00. The van der Waals surface area contributed by atoms with Gasteiger partial charge in [0.1, 0.15) is 6.10 Å². The van der Waals surface area contributed by atoms with Crippen LogP contribution in [0.15, 0.2) is 10.6 Å². The van der Waals surface area contributed by atoms with Gasteiger partial charge in [-0.3, -0.25) is 4.84 Å². The van der Waals surface area contributed by atoms with Crippen molar-refractivity contribution in [3.8, 4) is 0 Å². The summed E-state index contributed by atoms with van der Waals surface area (Å²) in [5, 5.41) is 3.68. The van der Waals surface area contributed by atoms with Crippen molar-refractivity contribution >= 4 is 0 Å². The molecule has 1 rings (SSSR count). The summed E-state index contributed by atoms with van der Waals surface area (Å²) in [6, 6.07) is 1.79. The van der Waals surface area contributed by atoms with Gasteiger partial charge in [-0.2, -0.15) is 0 Å². The Morgan fingerprint density at radius 2 is 2.50 bits per heavy atom. The highest BCUT2D eigenvalue weighted by atomic mass is 16.6. The summed E-state index contributed by atoms with van der Waals surface area (Å²) >= 11 is 0. The lowest BCUT2D eigenvalue weighted by Crippen LogP contribution is -2.03. The molecule has 0 saturated heterocycles. The van der Waals surface area contributed by atoms with Crippen molar-refractivity contribution in [2.75, 3.05) is 0 Å². The molecule has 1 atom stereocenters. The molecule has 0 aliphatic carbocycles. The van der Waals surface area contributed by atoms with Crippen LogP contribution in [0.2, 0.25) is 0 Å². The number of nitrogens with zero attached hydrogens (tertiary/aromatic N) is 1. The fourth-order valence-electron chi connectivity index (χ4n) is 0.642. The molecule has 10 heavy (non-hydrogen) atoms. The number of hydrogen-bond donors (Lipinski definition) is 1. The summed E-state index contributed by atoms with van der Waals surface area (Å²) in [6.45, 7) is 3.64. The highest BCUT2D eigenvalue weighted by molar-refractivity contribution is 5.04. The second kappa shape index (κ2) is 2.81. The molecule has 0 amide bonds. The van der Waals surface area contributed by atoms with E-state index in [1.165, 1.54) is 0 Å². The molecule has 0 bridgehead atoms. The van der Waals surface area contributed by atoms with Crippen molar-refractivity contribution in [3.63, 3.8) is 0 Å². The molecule has 0 aliphatic rings. The van der Waals surface area contributed by atoms with Crippen LogP contribution in [0, 0.1) is 6.92 Å². The van der Waals surface area contributed by atoms with E-state index in [4.69, 9.17) is 10.4 Å². The van der Waals surface area contributed by atoms with Crippen LogP contribution in [-0.2, 0) is 4.84 Å². The van der Waals surface area contributed by atoms with E-state index in [9.17, 15) is 0 Å². The number of aryl methyl sites for hydroxylation is 1. The first-order valence-corrected chi connectivity index (χ1v) is 3.03. The maximum atomic E-state index is 4.93. The Hall–Kier alpha value is -0.870. The summed E-state index contributed by atoms with van der Waals surface area (Å²) in [5.74, 6) is 5.58. The Kier molecular flexibility index (Phi) is 2.03. The van der Waals surface area contributed by atoms with Crippen LogP contribution < -0.4 is 5.90 Å². The minimum Gasteiger partial charge on any atom is -0.358 e. The molecule has 0 aromatic carbocycles. The monoisotopic (exact) mass is 142 g/mol. The molecule has 0 radical (unpaired) electrons. The summed E-state index contributed by atoms with van der Waals surface area (Å²) in [5.41, 5.74) is 0.832. The van der Waals surface area contributed by atoms with Crippen molar-refractivity contribution in [2.24, 2.45) is 5.90 Å². The van der Waals surface area contributed by atoms with E-state index >= 15 is 0 Å². The predicted molar refractivity (Wildman–Crippen MR) is 34.9 cm³/mol. The molecule has 56 valence electrons. The minimum atomic E-state index is -0.221. The minimum absolute atomic E-state index is 0.221. The number of aromatic nitrogens is 1. The highest BCUT2D eigenvalue weighted by Crippen LogP contribution is 2.14. The fourth-order valence-corrected chi connectivity index (χ4v) is 0.642. The Balaban J connectivity index is 2.74. The SMILES string of the molecule is Cc1cc(C(C)ON)on1. The van der Waals surface area contributed by atoms with Crippen LogP contribution in [0.3, 0.4) is 0 Å². The molecule has 2 N–H and O–H groups in total. The van der Waals surface area contributed by atoms with Crippen LogP contribution in [-0.4, -0.2) is 5.16 Å². The number of hydrogen-bond acceptors (Lipinski definition) is 4. The molecular weight excluding hydrogens is 132 g/mol. The van der Waals surface area contributed by atoms with Gasteiger partial charge in [0.25, 0.3) is 0 Å². The summed E-state index contributed by atoms with van der Waals surface area (Å²) in [7, 11) is 0. The standard InChI is InChI=1S/C6H10N2O2/c1-4-3-6(10-8-4)5(2)9-7/h3,5H,7H2,1-2H3. The van der Waals surface area contributed by atoms with Crippen LogP contribution in [0.1, 0.15) is 24.5 Å². The van der Waals surface area contributed by atoms with E-state index in [1.807, 2.05) is 6.92 Å². The smallest absolute Gasteiger partial charge is 0.167 e. The van der Waals surface area contributed by atoms with Gasteiger partial charge in [0, 0.05) is 6.07 Å². The molecule has 4 heteroatoms. The van der Waals surface area contributed by atoms with Gasteiger partial charge < -0.3 is 4.52 Å². The number of nitrogens with two attached hydrogens (primary N) is 1. The van der Waals surface area contributed by atoms with Crippen LogP contribution in [0.4, 0.5) is 0 Å². The third kappa shape index (κ3) is 1.34. The first-order chi connectivity index (χ1) is 4.74. The van der Waals surface area contributed by atoms with E-state index in [0.717, 1.165) is 5.69 Å². The zero-order chi connectivity index (χ0) is 7.56. The van der Waals surface area contributed by atoms with E-state index in [0.29, 0.717) is 5.76 Å². The lowest BCUT2D eigenvalue weighted by atomic mass is 10.3. The molecule has 0 spiro atoms. The molecule has 1 heterocycles. The zero-order valence-electron chi connectivity index (χ0n) is 6.00. The largest absolute Gasteiger partial charge is 0.358 e. The van der Waals surface area contributed by atoms with Gasteiger partial charge in [-0.15, -0.1) is 0 Å². The lowest BCUT2D eigenvalue weighted by molar-refractivity contribution is 0.0464. The normalized spacial score (nSPS) is 13.5. The van der Waals surface area contributed by atoms with Crippen LogP contribution >= 0.6 is 0 Å². The summed E-state index contributed by atoms with van der Waals surface area (Å²) in [4.78, 5) is 4.52. The average molecular weight is 142 g/mol. The Bertz CT molecular complexity index is 209. The maximum Gasteiger partial charge on any atom is 0.167 e. The van der Waals surface area contributed by atoms with Gasteiger partial charge in [0.15, 0.2) is 5.76 Å². The van der Waals surface area contributed by atoms with Gasteiger partial charge in [-0.1, -0.05) is 5.16 Å². The van der Waals surface area contributed by atoms with Crippen LogP contribution in [0.25, 0.3) is 0 Å². The molecule has 4 nitrogen and oxygen atoms in total. The van der Waals surface area contributed by atoms with E-state index in [1.54, 1.807) is 13.0 Å². The maximum absolute atomic E-state index is 4.93. The molecule has 1 aromatic rings. The quantitative estimate of drug-likeness (QED) is 0.624. The summed E-state index contributed by atoms with van der Waals surface area (Å²) in [6.07, 6.45) is -0.221. The van der Waals surface area contributed by atoms with Crippen molar-refractivity contribution < 1.29 is 9.36 Å². The van der Waals surface area contributed by atoms with Crippen LogP contribution in [0.5, 0.6) is 0 Å². The van der Waals surface area contributed by atoms with Crippen molar-refractivity contribution in [2.45, 2.75) is 20.0 Å². The van der Waals surface area contributed by atoms with Gasteiger partial charge in [0.05, 0.1) is 5.69 Å². The van der Waals surface area contributed by atoms with Crippen molar-refractivity contribution in [1.29, 1.82) is 0 Å². The van der Waals surface area contributed by atoms with E-state index in [-0.39, 0.29) is 6.10 Å². The second-order valence-corrected chi connectivity index (χ2v) is 2.15. The number of rotatable bonds is 2. The molecule has 1 aromatic heterocycles. The van der Waals surface area contributed by atoms with E-state index < -0.39 is 0 Å². The van der Waals surface area contributed by atoms with Gasteiger partial charge >= 0.3 is 0 Å². The first-order valence-electron chi connectivity index (χ1n) is 3.03. The molecular formula is C6H10N2O2. The van der Waals surface area contributed by atoms with Crippen molar-refractivity contribution in [1.82, 2.24) is 5.16 Å². The summed E-state index contributed by atoms with van der Waals surface area (Å²) < 4.78 is 4.86. The van der Waals surface area contributed by atoms with Gasteiger partial charge in [-0.05, 0) is 13.8 Å². The first kappa shape index (κ1) is 7.24. The average Bonchev–Trinajstić information content (AvgIpc) is 2.34. The topological polar surface area (TPSA) is 61.3 Å². The third-order valence-corrected chi connectivity index (χ3v) is 1.25. The second-order valence-electron chi connectivity index (χ2n) is 2.15. The fraction of sp³-hybridized carbons (Fsp3) is 0.500. The molecule has 1 unspecified atom stereocenters. The third-order valence-electron chi connectivity index (χ3n) is 1.25. The van der Waals surface area contributed by atoms with Gasteiger partial charge in [-0.25, -0.2) is 5.90 Å². The Morgan fingerprint density at radius 1 is 1.80 bits per heavy atom. The Labute approximate surface area is 58.9 Å². The van der Waals surface area contributed by atoms with Gasteiger partial charge in [0.2, 0.25) is 0 Å². The molecule has 0 aliphatic heterocycles. The van der Waals surface area contributed by atoms with E-state index in [2.05, 4.69) is 9.99 Å².